The quantitative estimate of drug-likeness (QED) is 0.684. The summed E-state index contributed by atoms with van der Waals surface area (Å²) in [5.41, 5.74) is -0.413. The van der Waals surface area contributed by atoms with Crippen LogP contribution in [-0.2, 0) is 4.74 Å². The molecule has 0 radical (unpaired) electrons. The van der Waals surface area contributed by atoms with Gasteiger partial charge in [-0.05, 0) is 20.8 Å². The van der Waals surface area contributed by atoms with Gasteiger partial charge in [-0.3, -0.25) is 0 Å². The third kappa shape index (κ3) is 2.76. The van der Waals surface area contributed by atoms with Crippen molar-refractivity contribution >= 4 is 6.09 Å². The average Bonchev–Trinajstić information content (AvgIpc) is 2.98. The number of nitrogens with one attached hydrogen (secondary N) is 1. The van der Waals surface area contributed by atoms with Crippen LogP contribution in [0.4, 0.5) is 4.79 Å². The van der Waals surface area contributed by atoms with Crippen LogP contribution in [0.3, 0.4) is 0 Å². The van der Waals surface area contributed by atoms with Crippen molar-refractivity contribution < 1.29 is 9.53 Å². The summed E-state index contributed by atoms with van der Waals surface area (Å²) in [6.45, 7) is 8.14. The Morgan fingerprint density at radius 2 is 2.12 bits per heavy atom. The standard InChI is InChI=1S/C12H20N2O2/c1-12(2,3)16-11(15)14-7-6-13-8-10(14)9-4-5-9/h4-5,9-10,13H,6-8H2,1-3H3. The Bertz CT molecular complexity index is 301. The molecule has 0 spiro atoms. The minimum absolute atomic E-state index is 0.187. The van der Waals surface area contributed by atoms with Gasteiger partial charge in [-0.15, -0.1) is 0 Å². The van der Waals surface area contributed by atoms with Crippen LogP contribution in [0.1, 0.15) is 20.8 Å². The molecule has 4 nitrogen and oxygen atoms in total. The number of amides is 1. The summed E-state index contributed by atoms with van der Waals surface area (Å²) in [4.78, 5) is 13.9. The zero-order valence-corrected chi connectivity index (χ0v) is 10.2. The van der Waals surface area contributed by atoms with E-state index in [0.29, 0.717) is 5.92 Å². The van der Waals surface area contributed by atoms with Crippen molar-refractivity contribution in [2.45, 2.75) is 32.4 Å². The molecule has 1 aliphatic carbocycles. The highest BCUT2D eigenvalue weighted by molar-refractivity contribution is 5.69. The van der Waals surface area contributed by atoms with E-state index >= 15 is 0 Å². The van der Waals surface area contributed by atoms with E-state index in [9.17, 15) is 4.79 Å². The molecule has 90 valence electrons. The predicted octanol–water partition coefficient (Wildman–Crippen LogP) is 1.38. The van der Waals surface area contributed by atoms with Crippen molar-refractivity contribution in [1.82, 2.24) is 10.2 Å². The molecule has 0 aromatic heterocycles. The van der Waals surface area contributed by atoms with E-state index in [2.05, 4.69) is 17.5 Å². The van der Waals surface area contributed by atoms with Crippen LogP contribution in [0.5, 0.6) is 0 Å². The Kier molecular flexibility index (Phi) is 2.93. The highest BCUT2D eigenvalue weighted by atomic mass is 16.6. The first-order chi connectivity index (χ1) is 7.47. The molecule has 1 atom stereocenters. The first kappa shape index (κ1) is 11.5. The SMILES string of the molecule is CC(C)(C)OC(=O)N1CCNCC1C1C=C1. The average molecular weight is 224 g/mol. The van der Waals surface area contributed by atoms with Gasteiger partial charge in [-0.1, -0.05) is 12.2 Å². The van der Waals surface area contributed by atoms with Crippen LogP contribution in [-0.4, -0.2) is 42.3 Å². The molecule has 1 amide bonds. The number of hydrogen-bond donors (Lipinski definition) is 1. The van der Waals surface area contributed by atoms with Gasteiger partial charge in [0.1, 0.15) is 5.60 Å². The van der Waals surface area contributed by atoms with Gasteiger partial charge in [-0.2, -0.15) is 0 Å². The second-order valence-corrected chi connectivity index (χ2v) is 5.41. The Labute approximate surface area is 96.6 Å². The molecule has 4 heteroatoms. The Hall–Kier alpha value is -1.03. The van der Waals surface area contributed by atoms with Crippen LogP contribution < -0.4 is 5.32 Å². The fraction of sp³-hybridized carbons (Fsp3) is 0.750. The van der Waals surface area contributed by atoms with Crippen molar-refractivity contribution in [3.8, 4) is 0 Å². The monoisotopic (exact) mass is 224 g/mol. The summed E-state index contributed by atoms with van der Waals surface area (Å²) < 4.78 is 5.42. The highest BCUT2D eigenvalue weighted by Gasteiger charge is 2.36. The minimum atomic E-state index is -0.413. The molecule has 0 bridgehead atoms. The number of hydrogen-bond acceptors (Lipinski definition) is 3. The van der Waals surface area contributed by atoms with E-state index in [1.165, 1.54) is 0 Å². The number of nitrogens with zero attached hydrogens (tertiary/aromatic N) is 1. The van der Waals surface area contributed by atoms with Crippen molar-refractivity contribution in [2.75, 3.05) is 19.6 Å². The Balaban J connectivity index is 1.96. The lowest BCUT2D eigenvalue weighted by molar-refractivity contribution is 0.0105. The fourth-order valence-corrected chi connectivity index (χ4v) is 1.94. The lowest BCUT2D eigenvalue weighted by Gasteiger charge is -2.37. The third-order valence-electron chi connectivity index (χ3n) is 2.77. The maximum absolute atomic E-state index is 12.0. The fourth-order valence-electron chi connectivity index (χ4n) is 1.94. The lowest BCUT2D eigenvalue weighted by Crippen LogP contribution is -2.55. The maximum Gasteiger partial charge on any atom is 0.410 e. The molecule has 16 heavy (non-hydrogen) atoms. The van der Waals surface area contributed by atoms with E-state index in [4.69, 9.17) is 4.74 Å². The first-order valence-electron chi connectivity index (χ1n) is 5.86. The number of carbonyl (C=O) groups is 1. The second kappa shape index (κ2) is 4.09. The molecule has 1 fully saturated rings. The van der Waals surface area contributed by atoms with E-state index in [1.807, 2.05) is 25.7 Å². The molecule has 0 saturated carbocycles. The minimum Gasteiger partial charge on any atom is -0.444 e. The summed E-state index contributed by atoms with van der Waals surface area (Å²) in [5, 5.41) is 3.31. The van der Waals surface area contributed by atoms with Crippen LogP contribution in [0.15, 0.2) is 12.2 Å². The largest absolute Gasteiger partial charge is 0.444 e. The zero-order chi connectivity index (χ0) is 11.8. The molecule has 1 aliphatic heterocycles. The highest BCUT2D eigenvalue weighted by Crippen LogP contribution is 2.27. The van der Waals surface area contributed by atoms with Crippen LogP contribution in [0, 0.1) is 5.92 Å². The summed E-state index contributed by atoms with van der Waals surface area (Å²) in [5.74, 6) is 0.445. The summed E-state index contributed by atoms with van der Waals surface area (Å²) in [7, 11) is 0. The molecule has 1 heterocycles. The van der Waals surface area contributed by atoms with Crippen molar-refractivity contribution in [1.29, 1.82) is 0 Å². The van der Waals surface area contributed by atoms with Gasteiger partial charge in [0.2, 0.25) is 0 Å². The first-order valence-corrected chi connectivity index (χ1v) is 5.86. The van der Waals surface area contributed by atoms with E-state index < -0.39 is 5.60 Å². The molecule has 2 aliphatic rings. The number of rotatable bonds is 1. The van der Waals surface area contributed by atoms with Crippen molar-refractivity contribution in [3.05, 3.63) is 12.2 Å². The molecule has 0 aromatic rings. The van der Waals surface area contributed by atoms with Crippen LogP contribution >= 0.6 is 0 Å². The molecule has 1 saturated heterocycles. The molecule has 2 rings (SSSR count). The molecule has 1 unspecified atom stereocenters. The van der Waals surface area contributed by atoms with E-state index in [0.717, 1.165) is 19.6 Å². The third-order valence-corrected chi connectivity index (χ3v) is 2.77. The topological polar surface area (TPSA) is 41.6 Å². The predicted molar refractivity (Wildman–Crippen MR) is 62.2 cm³/mol. The number of piperazine rings is 1. The van der Waals surface area contributed by atoms with Gasteiger partial charge < -0.3 is 15.0 Å². The summed E-state index contributed by atoms with van der Waals surface area (Å²) in [6.07, 6.45) is 4.08. The normalized spacial score (nSPS) is 25.7. The van der Waals surface area contributed by atoms with E-state index in [-0.39, 0.29) is 12.1 Å². The zero-order valence-electron chi connectivity index (χ0n) is 10.2. The van der Waals surface area contributed by atoms with Crippen molar-refractivity contribution in [3.63, 3.8) is 0 Å². The molecular formula is C12H20N2O2. The van der Waals surface area contributed by atoms with Gasteiger partial charge in [-0.25, -0.2) is 4.79 Å². The number of ether oxygens (including phenoxy) is 1. The van der Waals surface area contributed by atoms with Crippen LogP contribution in [0.25, 0.3) is 0 Å². The van der Waals surface area contributed by atoms with E-state index in [1.54, 1.807) is 0 Å². The van der Waals surface area contributed by atoms with Gasteiger partial charge in [0.05, 0.1) is 6.04 Å². The lowest BCUT2D eigenvalue weighted by atomic mass is 10.1. The van der Waals surface area contributed by atoms with Gasteiger partial charge in [0, 0.05) is 25.6 Å². The second-order valence-electron chi connectivity index (χ2n) is 5.41. The Morgan fingerprint density at radius 3 is 2.69 bits per heavy atom. The summed E-state index contributed by atoms with van der Waals surface area (Å²) >= 11 is 0. The maximum atomic E-state index is 12.0. The smallest absolute Gasteiger partial charge is 0.410 e. The summed E-state index contributed by atoms with van der Waals surface area (Å²) in [6, 6.07) is 0.239. The van der Waals surface area contributed by atoms with Crippen LogP contribution in [0.2, 0.25) is 0 Å². The van der Waals surface area contributed by atoms with Crippen molar-refractivity contribution in [2.24, 2.45) is 5.92 Å². The number of carbonyl (C=O) groups excluding carboxylic acids is 1. The molecular weight excluding hydrogens is 204 g/mol. The Morgan fingerprint density at radius 1 is 1.44 bits per heavy atom. The van der Waals surface area contributed by atoms with Gasteiger partial charge in [0.25, 0.3) is 0 Å². The molecule has 0 aromatic carbocycles. The molecule has 1 N–H and O–H groups in total. The van der Waals surface area contributed by atoms with Gasteiger partial charge >= 0.3 is 6.09 Å². The van der Waals surface area contributed by atoms with Gasteiger partial charge in [0.15, 0.2) is 0 Å².